The van der Waals surface area contributed by atoms with E-state index in [0.29, 0.717) is 6.04 Å². The van der Waals surface area contributed by atoms with Crippen LogP contribution in [0.4, 0.5) is 5.82 Å². The van der Waals surface area contributed by atoms with Crippen molar-refractivity contribution in [1.29, 1.82) is 0 Å². The first kappa shape index (κ1) is 13.9. The van der Waals surface area contributed by atoms with Gasteiger partial charge < -0.3 is 5.32 Å². The summed E-state index contributed by atoms with van der Waals surface area (Å²) in [5.41, 5.74) is 1.02. The molecule has 17 heavy (non-hydrogen) atoms. The third-order valence-electron chi connectivity index (χ3n) is 2.74. The fourth-order valence-electron chi connectivity index (χ4n) is 1.81. The molecular formula is C13H24N4. The Kier molecular flexibility index (Phi) is 5.35. The summed E-state index contributed by atoms with van der Waals surface area (Å²) in [7, 11) is 0. The second kappa shape index (κ2) is 6.55. The van der Waals surface area contributed by atoms with Gasteiger partial charge in [0.25, 0.3) is 0 Å². The lowest BCUT2D eigenvalue weighted by molar-refractivity contribution is 0.219. The molecular weight excluding hydrogens is 212 g/mol. The maximum absolute atomic E-state index is 4.53. The van der Waals surface area contributed by atoms with Crippen molar-refractivity contribution in [2.24, 2.45) is 0 Å². The Hall–Kier alpha value is -1.16. The van der Waals surface area contributed by atoms with E-state index in [0.717, 1.165) is 37.0 Å². The standard InChI is InChI=1S/C13H24N4/c1-6-14-12-8-11(5)15-13(16-12)9-17(7-2)10(3)4/h8,10H,6-7,9H2,1-5H3,(H,14,15,16). The molecule has 4 nitrogen and oxygen atoms in total. The Balaban J connectivity index is 2.82. The van der Waals surface area contributed by atoms with Crippen LogP contribution in [0.15, 0.2) is 6.07 Å². The van der Waals surface area contributed by atoms with E-state index in [2.05, 4.69) is 47.9 Å². The van der Waals surface area contributed by atoms with Gasteiger partial charge in [0, 0.05) is 24.3 Å². The summed E-state index contributed by atoms with van der Waals surface area (Å²) < 4.78 is 0. The molecule has 0 aliphatic rings. The highest BCUT2D eigenvalue weighted by Gasteiger charge is 2.10. The van der Waals surface area contributed by atoms with Gasteiger partial charge in [0.1, 0.15) is 11.6 Å². The molecule has 96 valence electrons. The van der Waals surface area contributed by atoms with E-state index >= 15 is 0 Å². The quantitative estimate of drug-likeness (QED) is 0.823. The van der Waals surface area contributed by atoms with Gasteiger partial charge >= 0.3 is 0 Å². The fourth-order valence-corrected chi connectivity index (χ4v) is 1.81. The minimum absolute atomic E-state index is 0.520. The second-order valence-corrected chi connectivity index (χ2v) is 4.50. The fraction of sp³-hybridized carbons (Fsp3) is 0.692. The van der Waals surface area contributed by atoms with Crippen molar-refractivity contribution in [1.82, 2.24) is 14.9 Å². The van der Waals surface area contributed by atoms with Gasteiger partial charge in [0.2, 0.25) is 0 Å². The molecule has 0 fully saturated rings. The number of anilines is 1. The van der Waals surface area contributed by atoms with E-state index in [1.165, 1.54) is 0 Å². The Labute approximate surface area is 104 Å². The highest BCUT2D eigenvalue weighted by atomic mass is 15.2. The van der Waals surface area contributed by atoms with Crippen molar-refractivity contribution in [3.8, 4) is 0 Å². The summed E-state index contributed by atoms with van der Waals surface area (Å²) in [5.74, 6) is 1.83. The van der Waals surface area contributed by atoms with E-state index < -0.39 is 0 Å². The lowest BCUT2D eigenvalue weighted by Gasteiger charge is -2.24. The molecule has 0 amide bonds. The van der Waals surface area contributed by atoms with Crippen molar-refractivity contribution >= 4 is 5.82 Å². The van der Waals surface area contributed by atoms with Crippen LogP contribution in [-0.4, -0.2) is 34.0 Å². The second-order valence-electron chi connectivity index (χ2n) is 4.50. The number of hydrogen-bond acceptors (Lipinski definition) is 4. The Bertz CT molecular complexity index is 349. The topological polar surface area (TPSA) is 41.1 Å². The molecule has 1 rings (SSSR count). The molecule has 0 aromatic carbocycles. The number of aryl methyl sites for hydroxylation is 1. The van der Waals surface area contributed by atoms with Gasteiger partial charge in [-0.15, -0.1) is 0 Å². The van der Waals surface area contributed by atoms with Crippen LogP contribution in [0.25, 0.3) is 0 Å². The molecule has 0 atom stereocenters. The number of hydrogen-bond donors (Lipinski definition) is 1. The molecule has 4 heteroatoms. The van der Waals surface area contributed by atoms with Gasteiger partial charge in [-0.1, -0.05) is 6.92 Å². The van der Waals surface area contributed by atoms with Crippen molar-refractivity contribution in [2.45, 2.75) is 47.2 Å². The van der Waals surface area contributed by atoms with Crippen molar-refractivity contribution in [2.75, 3.05) is 18.4 Å². The van der Waals surface area contributed by atoms with Crippen molar-refractivity contribution in [3.05, 3.63) is 17.6 Å². The third-order valence-corrected chi connectivity index (χ3v) is 2.74. The zero-order valence-corrected chi connectivity index (χ0v) is 11.6. The summed E-state index contributed by atoms with van der Waals surface area (Å²) in [5, 5.41) is 3.24. The van der Waals surface area contributed by atoms with Crippen LogP contribution in [0.1, 0.15) is 39.2 Å². The monoisotopic (exact) mass is 236 g/mol. The minimum atomic E-state index is 0.520. The number of aromatic nitrogens is 2. The average molecular weight is 236 g/mol. The predicted molar refractivity (Wildman–Crippen MR) is 72.2 cm³/mol. The summed E-state index contributed by atoms with van der Waals surface area (Å²) >= 11 is 0. The molecule has 1 N–H and O–H groups in total. The van der Waals surface area contributed by atoms with Crippen LogP contribution in [0.3, 0.4) is 0 Å². The van der Waals surface area contributed by atoms with E-state index in [1.54, 1.807) is 0 Å². The maximum atomic E-state index is 4.53. The first-order chi connectivity index (χ1) is 8.06. The van der Waals surface area contributed by atoms with Crippen LogP contribution in [0.5, 0.6) is 0 Å². The van der Waals surface area contributed by atoms with Gasteiger partial charge in [-0.3, -0.25) is 4.90 Å². The van der Waals surface area contributed by atoms with E-state index in [4.69, 9.17) is 0 Å². The molecule has 0 aliphatic carbocycles. The molecule has 1 aromatic heterocycles. The molecule has 0 spiro atoms. The van der Waals surface area contributed by atoms with E-state index in [-0.39, 0.29) is 0 Å². The smallest absolute Gasteiger partial charge is 0.144 e. The predicted octanol–water partition coefficient (Wildman–Crippen LogP) is 2.45. The average Bonchev–Trinajstić information content (AvgIpc) is 2.25. The molecule has 0 saturated carbocycles. The van der Waals surface area contributed by atoms with E-state index in [1.807, 2.05) is 13.0 Å². The lowest BCUT2D eigenvalue weighted by atomic mass is 10.3. The molecule has 0 unspecified atom stereocenters. The van der Waals surface area contributed by atoms with Crippen LogP contribution in [0, 0.1) is 6.92 Å². The molecule has 0 saturated heterocycles. The summed E-state index contributed by atoms with van der Waals surface area (Å²) in [6.07, 6.45) is 0. The van der Waals surface area contributed by atoms with Crippen LogP contribution in [0.2, 0.25) is 0 Å². The number of rotatable bonds is 6. The van der Waals surface area contributed by atoms with Crippen LogP contribution < -0.4 is 5.32 Å². The minimum Gasteiger partial charge on any atom is -0.370 e. The van der Waals surface area contributed by atoms with Gasteiger partial charge in [-0.25, -0.2) is 9.97 Å². The zero-order chi connectivity index (χ0) is 12.8. The lowest BCUT2D eigenvalue weighted by Crippen LogP contribution is -2.31. The molecule has 1 heterocycles. The maximum Gasteiger partial charge on any atom is 0.144 e. The number of nitrogens with one attached hydrogen (secondary N) is 1. The molecule has 0 aliphatic heterocycles. The third kappa shape index (κ3) is 4.30. The highest BCUT2D eigenvalue weighted by Crippen LogP contribution is 2.09. The SMILES string of the molecule is CCNc1cc(C)nc(CN(CC)C(C)C)n1. The summed E-state index contributed by atoms with van der Waals surface area (Å²) in [4.78, 5) is 11.4. The molecule has 0 bridgehead atoms. The summed E-state index contributed by atoms with van der Waals surface area (Å²) in [6.45, 7) is 13.4. The first-order valence-electron chi connectivity index (χ1n) is 6.39. The van der Waals surface area contributed by atoms with Gasteiger partial charge in [-0.2, -0.15) is 0 Å². The van der Waals surface area contributed by atoms with Crippen LogP contribution >= 0.6 is 0 Å². The number of nitrogens with zero attached hydrogens (tertiary/aromatic N) is 3. The first-order valence-corrected chi connectivity index (χ1v) is 6.39. The van der Waals surface area contributed by atoms with Gasteiger partial charge in [0.15, 0.2) is 0 Å². The zero-order valence-electron chi connectivity index (χ0n) is 11.6. The Morgan fingerprint density at radius 2 is 2.00 bits per heavy atom. The Morgan fingerprint density at radius 3 is 2.53 bits per heavy atom. The Morgan fingerprint density at radius 1 is 1.29 bits per heavy atom. The molecule has 0 radical (unpaired) electrons. The molecule has 1 aromatic rings. The van der Waals surface area contributed by atoms with E-state index in [9.17, 15) is 0 Å². The largest absolute Gasteiger partial charge is 0.370 e. The van der Waals surface area contributed by atoms with Crippen molar-refractivity contribution in [3.63, 3.8) is 0 Å². The normalized spacial score (nSPS) is 11.2. The van der Waals surface area contributed by atoms with Gasteiger partial charge in [-0.05, 0) is 34.2 Å². The highest BCUT2D eigenvalue weighted by molar-refractivity contribution is 5.35. The summed E-state index contributed by atoms with van der Waals surface area (Å²) in [6, 6.07) is 2.50. The van der Waals surface area contributed by atoms with Crippen LogP contribution in [-0.2, 0) is 6.54 Å². The van der Waals surface area contributed by atoms with Gasteiger partial charge in [0.05, 0.1) is 6.54 Å². The van der Waals surface area contributed by atoms with Crippen molar-refractivity contribution < 1.29 is 0 Å².